The number of para-hydroxylation sites is 1. The van der Waals surface area contributed by atoms with Crippen LogP contribution in [0.1, 0.15) is 18.1 Å². The highest BCUT2D eigenvalue weighted by Crippen LogP contribution is 2.31. The lowest BCUT2D eigenvalue weighted by atomic mass is 10.1. The minimum atomic E-state index is -3.57. The summed E-state index contributed by atoms with van der Waals surface area (Å²) in [6.07, 6.45) is 0.916. The molecule has 0 spiro atoms. The van der Waals surface area contributed by atoms with Gasteiger partial charge >= 0.3 is 0 Å². The Labute approximate surface area is 160 Å². The number of sulfonamides is 1. The summed E-state index contributed by atoms with van der Waals surface area (Å²) in [6.45, 7) is 4.06. The normalized spacial score (nSPS) is 16.5. The first-order valence-corrected chi connectivity index (χ1v) is 10.3. The van der Waals surface area contributed by atoms with Gasteiger partial charge in [-0.3, -0.25) is 4.79 Å². The minimum Gasteiger partial charge on any atom is -0.359 e. The van der Waals surface area contributed by atoms with Crippen molar-refractivity contribution < 1.29 is 13.2 Å². The Balaban J connectivity index is 1.78. The molecule has 6 nitrogen and oxygen atoms in total. The quantitative estimate of drug-likeness (QED) is 0.856. The van der Waals surface area contributed by atoms with Gasteiger partial charge in [0.1, 0.15) is 0 Å². The number of carbonyl (C=O) groups excluding carboxylic acids is 1. The second kappa shape index (κ2) is 7.32. The zero-order chi connectivity index (χ0) is 19.8. The van der Waals surface area contributed by atoms with Crippen LogP contribution in [0.4, 0.5) is 11.4 Å². The molecule has 0 aromatic heterocycles. The molecule has 0 radical (unpaired) electrons. The molecule has 7 heteroatoms. The maximum Gasteiger partial charge on any atom is 0.243 e. The molecule has 0 bridgehead atoms. The fraction of sp³-hybridized carbons (Fsp3) is 0.350. The second-order valence-electron chi connectivity index (χ2n) is 7.13. The third-order valence-corrected chi connectivity index (χ3v) is 6.85. The number of carbonyl (C=O) groups is 1. The van der Waals surface area contributed by atoms with Crippen molar-refractivity contribution in [1.82, 2.24) is 4.31 Å². The average Bonchev–Trinajstić information content (AvgIpc) is 2.92. The second-order valence-corrected chi connectivity index (χ2v) is 9.25. The highest BCUT2D eigenvalue weighted by molar-refractivity contribution is 7.89. The van der Waals surface area contributed by atoms with Crippen molar-refractivity contribution in [2.45, 2.75) is 31.2 Å². The number of aryl methyl sites for hydroxylation is 1. The molecule has 1 heterocycles. The van der Waals surface area contributed by atoms with Gasteiger partial charge in [0.25, 0.3) is 0 Å². The van der Waals surface area contributed by atoms with Crippen LogP contribution in [-0.4, -0.2) is 45.3 Å². The maximum absolute atomic E-state index is 12.6. The Hall–Kier alpha value is -2.38. The molecule has 0 saturated carbocycles. The summed E-state index contributed by atoms with van der Waals surface area (Å²) in [5.41, 5.74) is 3.45. The molecule has 3 rings (SSSR count). The summed E-state index contributed by atoms with van der Waals surface area (Å²) in [7, 11) is -0.581. The number of rotatable bonds is 5. The fourth-order valence-electron chi connectivity index (χ4n) is 3.38. The van der Waals surface area contributed by atoms with Crippen molar-refractivity contribution in [3.63, 3.8) is 0 Å². The van der Waals surface area contributed by atoms with Gasteiger partial charge in [-0.2, -0.15) is 0 Å². The van der Waals surface area contributed by atoms with E-state index in [9.17, 15) is 13.2 Å². The third-order valence-electron chi connectivity index (χ3n) is 4.89. The highest BCUT2D eigenvalue weighted by Gasteiger charge is 2.27. The summed E-state index contributed by atoms with van der Waals surface area (Å²) in [5.74, 6) is -0.171. The van der Waals surface area contributed by atoms with Crippen LogP contribution in [-0.2, 0) is 21.2 Å². The first kappa shape index (κ1) is 19.4. The lowest BCUT2D eigenvalue weighted by Gasteiger charge is -2.24. The summed E-state index contributed by atoms with van der Waals surface area (Å²) in [5, 5.41) is 2.84. The molecule has 2 aromatic rings. The summed E-state index contributed by atoms with van der Waals surface area (Å²) >= 11 is 0. The van der Waals surface area contributed by atoms with Crippen LogP contribution < -0.4 is 10.2 Å². The number of nitrogens with one attached hydrogen (secondary N) is 1. The van der Waals surface area contributed by atoms with Crippen molar-refractivity contribution in [2.75, 3.05) is 30.9 Å². The van der Waals surface area contributed by atoms with Crippen molar-refractivity contribution in [1.29, 1.82) is 0 Å². The van der Waals surface area contributed by atoms with Crippen LogP contribution in [0.2, 0.25) is 0 Å². The monoisotopic (exact) mass is 387 g/mol. The van der Waals surface area contributed by atoms with Gasteiger partial charge in [-0.25, -0.2) is 12.7 Å². The van der Waals surface area contributed by atoms with Crippen LogP contribution in [0.3, 0.4) is 0 Å². The Morgan fingerprint density at radius 1 is 1.22 bits per heavy atom. The standard InChI is InChI=1S/C20H25N3O3S/c1-14-9-10-17(12-19(14)27(25,26)22(3)4)21-20(24)13-23-15(2)11-16-7-5-6-8-18(16)23/h5-10,12,15H,11,13H2,1-4H3,(H,21,24). The number of fused-ring (bicyclic) bond motifs is 1. The molecule has 0 saturated heterocycles. The van der Waals surface area contributed by atoms with Gasteiger partial charge < -0.3 is 10.2 Å². The third kappa shape index (κ3) is 3.84. The zero-order valence-corrected chi connectivity index (χ0v) is 16.9. The van der Waals surface area contributed by atoms with Crippen LogP contribution in [0.15, 0.2) is 47.4 Å². The van der Waals surface area contributed by atoms with Gasteiger partial charge in [0, 0.05) is 31.5 Å². The molecular formula is C20H25N3O3S. The van der Waals surface area contributed by atoms with Gasteiger partial charge in [0.05, 0.1) is 11.4 Å². The van der Waals surface area contributed by atoms with Crippen LogP contribution in [0.5, 0.6) is 0 Å². The van der Waals surface area contributed by atoms with Gasteiger partial charge in [-0.1, -0.05) is 24.3 Å². The topological polar surface area (TPSA) is 69.7 Å². The van der Waals surface area contributed by atoms with E-state index in [-0.39, 0.29) is 23.4 Å². The van der Waals surface area contributed by atoms with Gasteiger partial charge in [0.2, 0.25) is 15.9 Å². The van der Waals surface area contributed by atoms with Crippen LogP contribution in [0.25, 0.3) is 0 Å². The Bertz CT molecular complexity index is 970. The Morgan fingerprint density at radius 3 is 2.63 bits per heavy atom. The number of hydrogen-bond acceptors (Lipinski definition) is 4. The number of hydrogen-bond donors (Lipinski definition) is 1. The fourth-order valence-corrected chi connectivity index (χ4v) is 4.52. The van der Waals surface area contributed by atoms with E-state index in [4.69, 9.17) is 0 Å². The number of benzene rings is 2. The van der Waals surface area contributed by atoms with E-state index in [1.54, 1.807) is 19.1 Å². The van der Waals surface area contributed by atoms with E-state index >= 15 is 0 Å². The van der Waals surface area contributed by atoms with Gasteiger partial charge in [-0.05, 0) is 49.6 Å². The number of amides is 1. The van der Waals surface area contributed by atoms with E-state index in [1.807, 2.05) is 18.2 Å². The molecule has 1 N–H and O–H groups in total. The molecule has 2 aromatic carbocycles. The van der Waals surface area contributed by atoms with Crippen molar-refractivity contribution in [3.05, 3.63) is 53.6 Å². The molecule has 1 unspecified atom stereocenters. The van der Waals surface area contributed by atoms with Crippen molar-refractivity contribution >= 4 is 27.3 Å². The summed E-state index contributed by atoms with van der Waals surface area (Å²) in [4.78, 5) is 14.9. The predicted molar refractivity (Wildman–Crippen MR) is 108 cm³/mol. The van der Waals surface area contributed by atoms with Gasteiger partial charge in [-0.15, -0.1) is 0 Å². The first-order valence-electron chi connectivity index (χ1n) is 8.87. The minimum absolute atomic E-state index is 0.171. The molecule has 0 fully saturated rings. The molecule has 144 valence electrons. The predicted octanol–water partition coefficient (Wildman–Crippen LogP) is 2.64. The number of nitrogens with zero attached hydrogens (tertiary/aromatic N) is 2. The molecule has 1 atom stereocenters. The van der Waals surface area contributed by atoms with E-state index < -0.39 is 10.0 Å². The Kier molecular flexibility index (Phi) is 5.26. The number of anilines is 2. The van der Waals surface area contributed by atoms with Crippen LogP contribution >= 0.6 is 0 Å². The average molecular weight is 388 g/mol. The maximum atomic E-state index is 12.6. The van der Waals surface area contributed by atoms with E-state index in [0.717, 1.165) is 12.1 Å². The smallest absolute Gasteiger partial charge is 0.243 e. The first-order chi connectivity index (χ1) is 12.7. The molecule has 1 aliphatic heterocycles. The molecule has 27 heavy (non-hydrogen) atoms. The summed E-state index contributed by atoms with van der Waals surface area (Å²) < 4.78 is 26.1. The zero-order valence-electron chi connectivity index (χ0n) is 16.1. The van der Waals surface area contributed by atoms with E-state index in [1.165, 1.54) is 30.0 Å². The summed E-state index contributed by atoms with van der Waals surface area (Å²) in [6, 6.07) is 13.3. The molecule has 1 aliphatic rings. The lowest BCUT2D eigenvalue weighted by molar-refractivity contribution is -0.115. The van der Waals surface area contributed by atoms with Crippen molar-refractivity contribution in [2.24, 2.45) is 0 Å². The SMILES string of the molecule is Cc1ccc(NC(=O)CN2c3ccccc3CC2C)cc1S(=O)(=O)N(C)C. The van der Waals surface area contributed by atoms with Crippen LogP contribution in [0, 0.1) is 6.92 Å². The molecule has 1 amide bonds. The van der Waals surface area contributed by atoms with E-state index in [2.05, 4.69) is 23.2 Å². The van der Waals surface area contributed by atoms with Gasteiger partial charge in [0.15, 0.2) is 0 Å². The Morgan fingerprint density at radius 2 is 1.93 bits per heavy atom. The molecular weight excluding hydrogens is 362 g/mol. The largest absolute Gasteiger partial charge is 0.359 e. The lowest BCUT2D eigenvalue weighted by Crippen LogP contribution is -2.37. The van der Waals surface area contributed by atoms with E-state index in [0.29, 0.717) is 11.3 Å². The highest BCUT2D eigenvalue weighted by atomic mass is 32.2. The molecule has 0 aliphatic carbocycles. The van der Waals surface area contributed by atoms with Crippen molar-refractivity contribution in [3.8, 4) is 0 Å².